The fourth-order valence-corrected chi connectivity index (χ4v) is 6.51. The van der Waals surface area contributed by atoms with E-state index in [0.717, 1.165) is 70.6 Å². The minimum Gasteiger partial charge on any atom is -0.480 e. The lowest BCUT2D eigenvalue weighted by Crippen LogP contribution is -2.40. The molecule has 7 nitrogen and oxygen atoms in total. The van der Waals surface area contributed by atoms with Crippen LogP contribution in [0.5, 0.6) is 0 Å². The Balaban J connectivity index is 4.21. The second-order valence-corrected chi connectivity index (χ2v) is 15.1. The smallest absolute Gasteiger partial charge is 0.326 e. The van der Waals surface area contributed by atoms with Crippen LogP contribution < -0.4 is 11.1 Å². The highest BCUT2D eigenvalue weighted by molar-refractivity contribution is 5.83. The van der Waals surface area contributed by atoms with E-state index in [1.54, 1.807) is 0 Å². The summed E-state index contributed by atoms with van der Waals surface area (Å²) in [7, 11) is 0. The third-order valence-corrected chi connectivity index (χ3v) is 9.91. The molecular formula is C46H84N2O5. The minimum absolute atomic E-state index is 0.0659. The molecule has 0 rings (SSSR count). The summed E-state index contributed by atoms with van der Waals surface area (Å²) in [6.07, 6.45) is 47.8. The number of ether oxygens (including phenoxy) is 1. The molecule has 53 heavy (non-hydrogen) atoms. The van der Waals surface area contributed by atoms with Gasteiger partial charge in [-0.3, -0.25) is 9.59 Å². The van der Waals surface area contributed by atoms with Crippen LogP contribution in [0.4, 0.5) is 0 Å². The Morgan fingerprint density at radius 2 is 1.04 bits per heavy atom. The van der Waals surface area contributed by atoms with Gasteiger partial charge in [-0.15, -0.1) is 0 Å². The van der Waals surface area contributed by atoms with Crippen molar-refractivity contribution in [2.45, 2.75) is 231 Å². The molecule has 7 heteroatoms. The van der Waals surface area contributed by atoms with Crippen molar-refractivity contribution in [1.29, 1.82) is 0 Å². The summed E-state index contributed by atoms with van der Waals surface area (Å²) in [6.45, 7) is 4.92. The molecule has 0 saturated carbocycles. The number of nitrogens with two attached hydrogens (primary N) is 1. The number of rotatable bonds is 40. The van der Waals surface area contributed by atoms with E-state index < -0.39 is 12.0 Å². The van der Waals surface area contributed by atoms with E-state index in [2.05, 4.69) is 55.6 Å². The number of unbranched alkanes of at least 4 members (excludes halogenated alkanes) is 22. The zero-order chi connectivity index (χ0) is 38.9. The number of hydrogen-bond acceptors (Lipinski definition) is 5. The van der Waals surface area contributed by atoms with Gasteiger partial charge in [0.05, 0.1) is 0 Å². The Labute approximate surface area is 326 Å². The molecule has 0 aromatic rings. The molecule has 1 amide bonds. The van der Waals surface area contributed by atoms with Crippen molar-refractivity contribution in [1.82, 2.24) is 5.32 Å². The SMILES string of the molecule is CCCCCC/C=C\C/C=C\CCCCCCCCCC(=O)OC(/C=C\CCCCCCCC)CCCCCCCCC(=O)NC(CCCN)C(=O)O. The van der Waals surface area contributed by atoms with E-state index in [9.17, 15) is 19.5 Å². The lowest BCUT2D eigenvalue weighted by molar-refractivity contribution is -0.147. The first-order valence-electron chi connectivity index (χ1n) is 22.3. The molecule has 4 N–H and O–H groups in total. The Bertz CT molecular complexity index is 931. The highest BCUT2D eigenvalue weighted by Crippen LogP contribution is 2.16. The molecule has 0 aromatic heterocycles. The molecule has 0 aliphatic carbocycles. The zero-order valence-corrected chi connectivity index (χ0v) is 34.6. The summed E-state index contributed by atoms with van der Waals surface area (Å²) in [5, 5.41) is 11.9. The average Bonchev–Trinajstić information content (AvgIpc) is 3.14. The first-order chi connectivity index (χ1) is 25.9. The first-order valence-corrected chi connectivity index (χ1v) is 22.3. The zero-order valence-electron chi connectivity index (χ0n) is 34.6. The van der Waals surface area contributed by atoms with E-state index in [1.165, 1.54) is 109 Å². The molecule has 308 valence electrons. The summed E-state index contributed by atoms with van der Waals surface area (Å²) >= 11 is 0. The number of amides is 1. The number of carbonyl (C=O) groups excluding carboxylic acids is 2. The van der Waals surface area contributed by atoms with Crippen LogP contribution in [0.1, 0.15) is 219 Å². The third kappa shape index (κ3) is 37.7. The molecule has 0 spiro atoms. The molecule has 0 heterocycles. The summed E-state index contributed by atoms with van der Waals surface area (Å²) in [4.78, 5) is 36.2. The average molecular weight is 745 g/mol. The van der Waals surface area contributed by atoms with Crippen LogP contribution in [0.3, 0.4) is 0 Å². The highest BCUT2D eigenvalue weighted by Gasteiger charge is 2.18. The number of aliphatic carboxylic acids is 1. The quantitative estimate of drug-likeness (QED) is 0.0326. The van der Waals surface area contributed by atoms with Crippen LogP contribution in [0.25, 0.3) is 0 Å². The molecule has 0 bridgehead atoms. The molecule has 2 atom stereocenters. The fourth-order valence-electron chi connectivity index (χ4n) is 6.51. The monoisotopic (exact) mass is 745 g/mol. The number of carbonyl (C=O) groups is 3. The van der Waals surface area contributed by atoms with Crippen LogP contribution in [-0.4, -0.2) is 41.6 Å². The summed E-state index contributed by atoms with van der Waals surface area (Å²) in [5.74, 6) is -1.27. The lowest BCUT2D eigenvalue weighted by Gasteiger charge is -2.15. The lowest BCUT2D eigenvalue weighted by atomic mass is 10.0. The number of allylic oxidation sites excluding steroid dienone is 5. The number of carboxylic acids is 1. The second kappa shape index (κ2) is 40.8. The molecule has 2 unspecified atom stereocenters. The van der Waals surface area contributed by atoms with Gasteiger partial charge in [-0.25, -0.2) is 4.79 Å². The second-order valence-electron chi connectivity index (χ2n) is 15.1. The summed E-state index contributed by atoms with van der Waals surface area (Å²) in [5.41, 5.74) is 5.47. The van der Waals surface area contributed by atoms with Gasteiger partial charge < -0.3 is 20.9 Å². The number of nitrogens with one attached hydrogen (secondary N) is 1. The number of esters is 1. The predicted octanol–water partition coefficient (Wildman–Crippen LogP) is 12.6. The van der Waals surface area contributed by atoms with Gasteiger partial charge in [0.1, 0.15) is 12.1 Å². The van der Waals surface area contributed by atoms with Crippen LogP contribution in [0.2, 0.25) is 0 Å². The normalized spacial score (nSPS) is 13.0. The van der Waals surface area contributed by atoms with Crippen molar-refractivity contribution in [3.05, 3.63) is 36.5 Å². The Kier molecular flexibility index (Phi) is 38.9. The largest absolute Gasteiger partial charge is 0.480 e. The topological polar surface area (TPSA) is 119 Å². The van der Waals surface area contributed by atoms with E-state index in [1.807, 2.05) is 0 Å². The van der Waals surface area contributed by atoms with Crippen LogP contribution in [-0.2, 0) is 19.1 Å². The van der Waals surface area contributed by atoms with Gasteiger partial charge in [0.15, 0.2) is 0 Å². The van der Waals surface area contributed by atoms with E-state index in [-0.39, 0.29) is 18.0 Å². The third-order valence-electron chi connectivity index (χ3n) is 9.91. The maximum absolute atomic E-state index is 12.7. The van der Waals surface area contributed by atoms with Gasteiger partial charge >= 0.3 is 11.9 Å². The molecule has 0 radical (unpaired) electrons. The highest BCUT2D eigenvalue weighted by atomic mass is 16.5. The Morgan fingerprint density at radius 3 is 1.58 bits per heavy atom. The van der Waals surface area contributed by atoms with Crippen molar-refractivity contribution in [2.24, 2.45) is 5.73 Å². The maximum atomic E-state index is 12.7. The van der Waals surface area contributed by atoms with Crippen LogP contribution in [0, 0.1) is 0 Å². The van der Waals surface area contributed by atoms with Gasteiger partial charge in [0.2, 0.25) is 5.91 Å². The van der Waals surface area contributed by atoms with E-state index in [0.29, 0.717) is 32.2 Å². The fraction of sp³-hybridized carbons (Fsp3) is 0.804. The maximum Gasteiger partial charge on any atom is 0.326 e. The summed E-state index contributed by atoms with van der Waals surface area (Å²) in [6, 6.07) is -0.853. The molecule has 0 aliphatic heterocycles. The van der Waals surface area contributed by atoms with E-state index >= 15 is 0 Å². The van der Waals surface area contributed by atoms with Gasteiger partial charge in [-0.1, -0.05) is 153 Å². The van der Waals surface area contributed by atoms with Crippen molar-refractivity contribution in [3.63, 3.8) is 0 Å². The van der Waals surface area contributed by atoms with Crippen LogP contribution in [0.15, 0.2) is 36.5 Å². The predicted molar refractivity (Wildman–Crippen MR) is 225 cm³/mol. The van der Waals surface area contributed by atoms with Gasteiger partial charge in [-0.05, 0) is 96.1 Å². The van der Waals surface area contributed by atoms with Gasteiger partial charge in [0.25, 0.3) is 0 Å². The first kappa shape index (κ1) is 50.6. The van der Waals surface area contributed by atoms with E-state index in [4.69, 9.17) is 10.5 Å². The Morgan fingerprint density at radius 1 is 0.566 bits per heavy atom. The van der Waals surface area contributed by atoms with Crippen molar-refractivity contribution in [2.75, 3.05) is 6.54 Å². The number of carboxylic acid groups (broad SMARTS) is 1. The molecule has 0 fully saturated rings. The molecule has 0 saturated heterocycles. The Hall–Kier alpha value is -2.41. The van der Waals surface area contributed by atoms with Gasteiger partial charge in [-0.2, -0.15) is 0 Å². The summed E-state index contributed by atoms with van der Waals surface area (Å²) < 4.78 is 5.96. The molecule has 0 aromatic carbocycles. The standard InChI is InChI=1S/C46H84N2O5/c1-3-5-7-9-11-13-14-15-16-17-18-19-20-21-22-24-30-34-40-45(50)53-42(36-31-27-23-12-10-8-6-4-2)37-32-28-25-26-29-33-39-44(49)48-43(46(51)52)38-35-41-47/h13-14,16-17,31,36,42-43H,3-12,15,18-30,32-35,37-41,47H2,1-2H3,(H,48,49)(H,51,52)/b14-13-,17-16-,36-31-. The van der Waals surface area contributed by atoms with Crippen molar-refractivity contribution in [3.8, 4) is 0 Å². The van der Waals surface area contributed by atoms with Crippen molar-refractivity contribution < 1.29 is 24.2 Å². The van der Waals surface area contributed by atoms with Crippen LogP contribution >= 0.6 is 0 Å². The molecular weight excluding hydrogens is 661 g/mol. The minimum atomic E-state index is -1.00. The number of hydrogen-bond donors (Lipinski definition) is 3. The van der Waals surface area contributed by atoms with Gasteiger partial charge in [0, 0.05) is 12.8 Å². The molecule has 0 aliphatic rings. The van der Waals surface area contributed by atoms with Crippen molar-refractivity contribution >= 4 is 17.8 Å².